The van der Waals surface area contributed by atoms with Gasteiger partial charge in [0.2, 0.25) is 0 Å². The zero-order chi connectivity index (χ0) is 18.0. The average Bonchev–Trinajstić information content (AvgIpc) is 2.62. The number of aliphatic hydroxyl groups excluding tert-OH is 1. The summed E-state index contributed by atoms with van der Waals surface area (Å²) in [6.45, 7) is 0.0876. The Kier molecular flexibility index (Phi) is 5.17. The van der Waals surface area contributed by atoms with E-state index in [1.165, 1.54) is 17.8 Å². The number of Topliss-reactive ketones (excluding diaryl/α,β-unsaturated/α-hetero) is 1. The minimum Gasteiger partial charge on any atom is -0.392 e. The van der Waals surface area contributed by atoms with Crippen molar-refractivity contribution in [3.8, 4) is 0 Å². The topological polar surface area (TPSA) is 106 Å². The van der Waals surface area contributed by atoms with Crippen molar-refractivity contribution in [1.82, 2.24) is 0 Å². The number of benzene rings is 2. The number of carbonyl (C=O) groups excluding carboxylic acids is 1. The molecule has 0 saturated heterocycles. The summed E-state index contributed by atoms with van der Waals surface area (Å²) in [7, 11) is 0. The van der Waals surface area contributed by atoms with E-state index in [9.17, 15) is 20.0 Å². The second kappa shape index (κ2) is 7.35. The monoisotopic (exact) mass is 358 g/mol. The average molecular weight is 358 g/mol. The molecule has 0 spiro atoms. The second-order valence-electron chi connectivity index (χ2n) is 5.97. The smallest absolute Gasteiger partial charge is 0.274 e. The molecule has 3 rings (SSSR count). The van der Waals surface area contributed by atoms with Crippen molar-refractivity contribution in [2.45, 2.75) is 35.2 Å². The van der Waals surface area contributed by atoms with E-state index in [2.05, 4.69) is 0 Å². The van der Waals surface area contributed by atoms with Crippen LogP contribution in [0.5, 0.6) is 0 Å². The molecule has 1 unspecified atom stereocenters. The van der Waals surface area contributed by atoms with E-state index in [0.717, 1.165) is 15.4 Å². The van der Waals surface area contributed by atoms with Gasteiger partial charge in [0.05, 0.1) is 11.0 Å². The third-order valence-electron chi connectivity index (χ3n) is 4.24. The molecule has 2 aromatic rings. The van der Waals surface area contributed by atoms with Gasteiger partial charge in [-0.25, -0.2) is 0 Å². The highest BCUT2D eigenvalue weighted by atomic mass is 32.2. The van der Waals surface area contributed by atoms with Gasteiger partial charge in [-0.1, -0.05) is 30.0 Å². The number of aliphatic hydroxyl groups is 1. The fourth-order valence-corrected chi connectivity index (χ4v) is 3.98. The summed E-state index contributed by atoms with van der Waals surface area (Å²) in [5.41, 5.74) is 7.32. The van der Waals surface area contributed by atoms with Crippen LogP contribution in [0.25, 0.3) is 0 Å². The molecule has 3 N–H and O–H groups in total. The van der Waals surface area contributed by atoms with Gasteiger partial charge in [-0.05, 0) is 24.1 Å². The highest BCUT2D eigenvalue weighted by molar-refractivity contribution is 7.99. The van der Waals surface area contributed by atoms with Crippen LogP contribution in [0.3, 0.4) is 0 Å². The van der Waals surface area contributed by atoms with Crippen molar-refractivity contribution in [1.29, 1.82) is 0 Å². The molecular weight excluding hydrogens is 340 g/mol. The van der Waals surface area contributed by atoms with Gasteiger partial charge >= 0.3 is 0 Å². The molecule has 0 bridgehead atoms. The first-order valence-corrected chi connectivity index (χ1v) is 8.79. The molecule has 1 heterocycles. The Bertz CT molecular complexity index is 838. The number of carbonyl (C=O) groups is 1. The van der Waals surface area contributed by atoms with Crippen molar-refractivity contribution in [3.05, 3.63) is 63.2 Å². The number of nitrogens with two attached hydrogens (primary N) is 1. The van der Waals surface area contributed by atoms with E-state index < -0.39 is 11.0 Å². The summed E-state index contributed by atoms with van der Waals surface area (Å²) in [6.07, 6.45) is 0.0961. The fourth-order valence-electron chi connectivity index (χ4n) is 2.84. The van der Waals surface area contributed by atoms with Crippen molar-refractivity contribution in [3.63, 3.8) is 0 Å². The lowest BCUT2D eigenvalue weighted by molar-refractivity contribution is -0.385. The van der Waals surface area contributed by atoms with Gasteiger partial charge < -0.3 is 10.8 Å². The maximum absolute atomic E-state index is 12.4. The first-order valence-electron chi connectivity index (χ1n) is 7.98. The van der Waals surface area contributed by atoms with E-state index in [1.807, 2.05) is 24.3 Å². The SMILES string of the molecule is NCC(O)CCC(=O)c1cc2c(c([N+](=O)[O-])c1)Cc1ccccc1S2. The number of hydrogen-bond donors (Lipinski definition) is 2. The van der Waals surface area contributed by atoms with Crippen LogP contribution in [0.15, 0.2) is 46.2 Å². The third-order valence-corrected chi connectivity index (χ3v) is 5.44. The molecule has 0 fully saturated rings. The van der Waals surface area contributed by atoms with Crippen LogP contribution in [0.1, 0.15) is 34.3 Å². The van der Waals surface area contributed by atoms with Crippen molar-refractivity contribution < 1.29 is 14.8 Å². The molecule has 0 aliphatic carbocycles. The molecule has 0 aromatic heterocycles. The summed E-state index contributed by atoms with van der Waals surface area (Å²) < 4.78 is 0. The summed E-state index contributed by atoms with van der Waals surface area (Å²) in [6, 6.07) is 10.8. The predicted octanol–water partition coefficient (Wildman–Crippen LogP) is 2.93. The maximum Gasteiger partial charge on any atom is 0.274 e. The molecule has 7 heteroatoms. The maximum atomic E-state index is 12.4. The molecule has 1 atom stereocenters. The van der Waals surface area contributed by atoms with Gasteiger partial charge in [-0.15, -0.1) is 0 Å². The van der Waals surface area contributed by atoms with Crippen molar-refractivity contribution >= 4 is 23.2 Å². The van der Waals surface area contributed by atoms with Gasteiger partial charge in [0, 0.05) is 46.4 Å². The van der Waals surface area contributed by atoms with Crippen molar-refractivity contribution in [2.75, 3.05) is 6.54 Å². The summed E-state index contributed by atoms with van der Waals surface area (Å²) in [5, 5.41) is 21.0. The van der Waals surface area contributed by atoms with E-state index in [-0.39, 0.29) is 30.9 Å². The van der Waals surface area contributed by atoms with Gasteiger partial charge in [-0.2, -0.15) is 0 Å². The number of nitro groups is 1. The molecule has 0 amide bonds. The third kappa shape index (κ3) is 3.73. The fraction of sp³-hybridized carbons (Fsp3) is 0.278. The standard InChI is InChI=1S/C18H18N2O4S/c19-10-13(21)5-6-16(22)12-8-15(20(23)24)14-7-11-3-1-2-4-17(11)25-18(14)9-12/h1-4,8-9,13,21H,5-7,10,19H2. The number of rotatable bonds is 6. The molecule has 1 aliphatic rings. The van der Waals surface area contributed by atoms with E-state index in [0.29, 0.717) is 17.5 Å². The van der Waals surface area contributed by atoms with Crippen LogP contribution in [0.2, 0.25) is 0 Å². The van der Waals surface area contributed by atoms with Crippen LogP contribution in [0.4, 0.5) is 5.69 Å². The van der Waals surface area contributed by atoms with Crippen LogP contribution in [-0.2, 0) is 6.42 Å². The minimum absolute atomic E-state index is 0.0257. The second-order valence-corrected chi connectivity index (χ2v) is 7.05. The Morgan fingerprint density at radius 2 is 2.08 bits per heavy atom. The zero-order valence-electron chi connectivity index (χ0n) is 13.5. The van der Waals surface area contributed by atoms with E-state index >= 15 is 0 Å². The predicted molar refractivity (Wildman–Crippen MR) is 95.1 cm³/mol. The molecular formula is C18H18N2O4S. The van der Waals surface area contributed by atoms with Crippen LogP contribution < -0.4 is 5.73 Å². The first kappa shape index (κ1) is 17.6. The van der Waals surface area contributed by atoms with E-state index in [4.69, 9.17) is 5.73 Å². The Morgan fingerprint density at radius 3 is 2.80 bits per heavy atom. The quantitative estimate of drug-likeness (QED) is 0.399. The lowest BCUT2D eigenvalue weighted by atomic mass is 9.97. The minimum atomic E-state index is -0.738. The highest BCUT2D eigenvalue weighted by Crippen LogP contribution is 2.43. The molecule has 0 radical (unpaired) electrons. The Labute approximate surface area is 149 Å². The Balaban J connectivity index is 1.94. The molecule has 6 nitrogen and oxygen atoms in total. The van der Waals surface area contributed by atoms with Gasteiger partial charge in [-0.3, -0.25) is 14.9 Å². The van der Waals surface area contributed by atoms with Gasteiger partial charge in [0.15, 0.2) is 5.78 Å². The van der Waals surface area contributed by atoms with Crippen LogP contribution in [0, 0.1) is 10.1 Å². The number of fused-ring (bicyclic) bond motifs is 2. The number of ketones is 1. The normalized spacial score (nSPS) is 13.7. The van der Waals surface area contributed by atoms with Gasteiger partial charge in [0.1, 0.15) is 0 Å². The van der Waals surface area contributed by atoms with Crippen LogP contribution in [-0.4, -0.2) is 28.5 Å². The molecule has 0 saturated carbocycles. The molecule has 2 aromatic carbocycles. The van der Waals surface area contributed by atoms with Crippen LogP contribution >= 0.6 is 11.8 Å². The first-order chi connectivity index (χ1) is 12.0. The molecule has 1 aliphatic heterocycles. The van der Waals surface area contributed by atoms with Gasteiger partial charge in [0.25, 0.3) is 5.69 Å². The number of hydrogen-bond acceptors (Lipinski definition) is 6. The highest BCUT2D eigenvalue weighted by Gasteiger charge is 2.26. The molecule has 130 valence electrons. The van der Waals surface area contributed by atoms with E-state index in [1.54, 1.807) is 6.07 Å². The lowest BCUT2D eigenvalue weighted by Gasteiger charge is -2.19. The summed E-state index contributed by atoms with van der Waals surface area (Å²) >= 11 is 1.45. The Morgan fingerprint density at radius 1 is 1.32 bits per heavy atom. The zero-order valence-corrected chi connectivity index (χ0v) is 14.3. The summed E-state index contributed by atoms with van der Waals surface area (Å²) in [4.78, 5) is 25.3. The molecule has 25 heavy (non-hydrogen) atoms. The lowest BCUT2D eigenvalue weighted by Crippen LogP contribution is -2.20. The number of nitro benzene ring substituents is 1. The van der Waals surface area contributed by atoms with Crippen molar-refractivity contribution in [2.24, 2.45) is 5.73 Å². The number of nitrogens with zero attached hydrogens (tertiary/aromatic N) is 1. The Hall–Kier alpha value is -2.22. The summed E-state index contributed by atoms with van der Waals surface area (Å²) in [5.74, 6) is -0.224. The largest absolute Gasteiger partial charge is 0.392 e.